The number of amides is 3. The fraction of sp³-hybridized carbons (Fsp3) is 0.500. The molecule has 1 aromatic carbocycles. The highest BCUT2D eigenvalue weighted by atomic mass is 16.5. The maximum atomic E-state index is 12.7. The first-order valence-corrected chi connectivity index (χ1v) is 8.49. The summed E-state index contributed by atoms with van der Waals surface area (Å²) in [5.41, 5.74) is 0.954. The molecule has 0 spiro atoms. The van der Waals surface area contributed by atoms with Gasteiger partial charge in [-0.05, 0) is 24.6 Å². The van der Waals surface area contributed by atoms with Crippen molar-refractivity contribution in [1.29, 1.82) is 0 Å². The number of nitrogens with one attached hydrogen (secondary N) is 1. The highest BCUT2D eigenvalue weighted by Crippen LogP contribution is 2.26. The summed E-state index contributed by atoms with van der Waals surface area (Å²) in [6.45, 7) is 5.51. The second-order valence-electron chi connectivity index (χ2n) is 6.02. The number of hydrogen-bond acceptors (Lipinski definition) is 4. The normalized spacial score (nSPS) is 14.2. The Hall–Kier alpha value is -2.57. The van der Waals surface area contributed by atoms with Gasteiger partial charge in [-0.3, -0.25) is 14.4 Å². The van der Waals surface area contributed by atoms with E-state index in [2.05, 4.69) is 5.32 Å². The van der Waals surface area contributed by atoms with Crippen molar-refractivity contribution in [1.82, 2.24) is 9.80 Å². The quantitative estimate of drug-likeness (QED) is 0.880. The van der Waals surface area contributed by atoms with Crippen LogP contribution in [0.25, 0.3) is 0 Å². The van der Waals surface area contributed by atoms with Crippen LogP contribution in [0.15, 0.2) is 18.2 Å². The van der Waals surface area contributed by atoms with Crippen molar-refractivity contribution in [2.45, 2.75) is 26.7 Å². The zero-order chi connectivity index (χ0) is 18.4. The number of piperazine rings is 1. The van der Waals surface area contributed by atoms with Crippen molar-refractivity contribution in [2.24, 2.45) is 0 Å². The summed E-state index contributed by atoms with van der Waals surface area (Å²) in [6.07, 6.45) is 1.38. The number of rotatable bonds is 5. The number of hydrogen-bond donors (Lipinski definition) is 1. The minimum Gasteiger partial charge on any atom is -0.495 e. The van der Waals surface area contributed by atoms with E-state index >= 15 is 0 Å². The number of ether oxygens (including phenoxy) is 1. The molecule has 7 nitrogen and oxygen atoms in total. The number of methoxy groups -OCH3 is 1. The van der Waals surface area contributed by atoms with E-state index in [1.807, 2.05) is 11.8 Å². The summed E-state index contributed by atoms with van der Waals surface area (Å²) >= 11 is 0. The molecule has 1 aliphatic heterocycles. The Kier molecular flexibility index (Phi) is 6.38. The van der Waals surface area contributed by atoms with Gasteiger partial charge in [-0.1, -0.05) is 6.92 Å². The SMILES string of the molecule is CCCC(=O)N1CCN(C(=O)c2ccc(OC)c(NC(C)=O)c2)CC1. The van der Waals surface area contributed by atoms with Gasteiger partial charge in [0.15, 0.2) is 0 Å². The summed E-state index contributed by atoms with van der Waals surface area (Å²) in [5.74, 6) is 0.302. The molecule has 2 rings (SSSR count). The molecule has 0 aromatic heterocycles. The molecule has 136 valence electrons. The van der Waals surface area contributed by atoms with E-state index in [0.717, 1.165) is 6.42 Å². The minimum absolute atomic E-state index is 0.114. The van der Waals surface area contributed by atoms with Crippen LogP contribution < -0.4 is 10.1 Å². The van der Waals surface area contributed by atoms with E-state index in [-0.39, 0.29) is 17.7 Å². The van der Waals surface area contributed by atoms with Crippen LogP contribution in [0.4, 0.5) is 5.69 Å². The van der Waals surface area contributed by atoms with Gasteiger partial charge in [0.25, 0.3) is 5.91 Å². The second kappa shape index (κ2) is 8.50. The van der Waals surface area contributed by atoms with Crippen LogP contribution >= 0.6 is 0 Å². The van der Waals surface area contributed by atoms with Gasteiger partial charge in [0, 0.05) is 45.1 Å². The summed E-state index contributed by atoms with van der Waals surface area (Å²) in [7, 11) is 1.51. The molecule has 0 unspecified atom stereocenters. The standard InChI is InChI=1S/C18H25N3O4/c1-4-5-17(23)20-8-10-21(11-9-20)18(24)14-6-7-16(25-3)15(12-14)19-13(2)22/h6-7,12H,4-5,8-11H2,1-3H3,(H,19,22). The molecule has 7 heteroatoms. The van der Waals surface area contributed by atoms with Crippen molar-refractivity contribution in [2.75, 3.05) is 38.6 Å². The Labute approximate surface area is 147 Å². The van der Waals surface area contributed by atoms with Gasteiger partial charge in [0.05, 0.1) is 12.8 Å². The van der Waals surface area contributed by atoms with Gasteiger partial charge in [0.2, 0.25) is 11.8 Å². The molecule has 1 saturated heterocycles. The molecule has 25 heavy (non-hydrogen) atoms. The lowest BCUT2D eigenvalue weighted by Crippen LogP contribution is -2.50. The first kappa shape index (κ1) is 18.8. The summed E-state index contributed by atoms with van der Waals surface area (Å²) in [6, 6.07) is 4.97. The summed E-state index contributed by atoms with van der Waals surface area (Å²) in [5, 5.41) is 2.67. The average molecular weight is 347 g/mol. The second-order valence-corrected chi connectivity index (χ2v) is 6.02. The van der Waals surface area contributed by atoms with Gasteiger partial charge in [0.1, 0.15) is 5.75 Å². The molecule has 0 bridgehead atoms. The predicted molar refractivity (Wildman–Crippen MR) is 94.7 cm³/mol. The van der Waals surface area contributed by atoms with Gasteiger partial charge >= 0.3 is 0 Å². The Morgan fingerprint density at radius 3 is 2.32 bits per heavy atom. The molecule has 0 aliphatic carbocycles. The number of benzene rings is 1. The van der Waals surface area contributed by atoms with E-state index in [1.165, 1.54) is 14.0 Å². The first-order chi connectivity index (χ1) is 12.0. The van der Waals surface area contributed by atoms with Crippen molar-refractivity contribution < 1.29 is 19.1 Å². The van der Waals surface area contributed by atoms with Crippen molar-refractivity contribution in [3.8, 4) is 5.75 Å². The third kappa shape index (κ3) is 4.71. The number of anilines is 1. The van der Waals surface area contributed by atoms with Gasteiger partial charge in [-0.15, -0.1) is 0 Å². The van der Waals surface area contributed by atoms with Crippen LogP contribution in [0.3, 0.4) is 0 Å². The Bertz CT molecular complexity index is 652. The first-order valence-electron chi connectivity index (χ1n) is 8.49. The molecule has 0 radical (unpaired) electrons. The van der Waals surface area contributed by atoms with Crippen LogP contribution in [0.5, 0.6) is 5.75 Å². The van der Waals surface area contributed by atoms with Crippen molar-refractivity contribution >= 4 is 23.4 Å². The predicted octanol–water partition coefficient (Wildman–Crippen LogP) is 1.74. The lowest BCUT2D eigenvalue weighted by molar-refractivity contribution is -0.132. The molecule has 3 amide bonds. The van der Waals surface area contributed by atoms with Crippen LogP contribution in [0.1, 0.15) is 37.0 Å². The highest BCUT2D eigenvalue weighted by molar-refractivity contribution is 5.98. The third-order valence-corrected chi connectivity index (χ3v) is 4.14. The summed E-state index contributed by atoms with van der Waals surface area (Å²) in [4.78, 5) is 39.5. The van der Waals surface area contributed by atoms with Gasteiger partial charge in [-0.2, -0.15) is 0 Å². The maximum Gasteiger partial charge on any atom is 0.254 e. The molecular weight excluding hydrogens is 322 g/mol. The molecule has 1 aliphatic rings. The fourth-order valence-corrected chi connectivity index (χ4v) is 2.84. The lowest BCUT2D eigenvalue weighted by Gasteiger charge is -2.35. The molecule has 0 saturated carbocycles. The van der Waals surface area contributed by atoms with Crippen molar-refractivity contribution in [3.05, 3.63) is 23.8 Å². The molecule has 1 N–H and O–H groups in total. The molecule has 1 heterocycles. The largest absolute Gasteiger partial charge is 0.495 e. The Morgan fingerprint density at radius 1 is 1.12 bits per heavy atom. The number of carbonyl (C=O) groups is 3. The van der Waals surface area contributed by atoms with Crippen LogP contribution in [-0.4, -0.2) is 60.8 Å². The minimum atomic E-state index is -0.231. The van der Waals surface area contributed by atoms with Crippen LogP contribution in [0, 0.1) is 0 Å². The zero-order valence-electron chi connectivity index (χ0n) is 15.0. The Balaban J connectivity index is 2.06. The van der Waals surface area contributed by atoms with E-state index in [0.29, 0.717) is 49.6 Å². The van der Waals surface area contributed by atoms with Gasteiger partial charge in [-0.25, -0.2) is 0 Å². The summed E-state index contributed by atoms with van der Waals surface area (Å²) < 4.78 is 5.21. The number of nitrogens with zero attached hydrogens (tertiary/aromatic N) is 2. The molecule has 1 fully saturated rings. The van der Waals surface area contributed by atoms with E-state index in [9.17, 15) is 14.4 Å². The van der Waals surface area contributed by atoms with Crippen LogP contribution in [-0.2, 0) is 9.59 Å². The topological polar surface area (TPSA) is 79.0 Å². The molecular formula is C18H25N3O4. The third-order valence-electron chi connectivity index (χ3n) is 4.14. The van der Waals surface area contributed by atoms with Crippen molar-refractivity contribution in [3.63, 3.8) is 0 Å². The Morgan fingerprint density at radius 2 is 1.76 bits per heavy atom. The van der Waals surface area contributed by atoms with E-state index < -0.39 is 0 Å². The highest BCUT2D eigenvalue weighted by Gasteiger charge is 2.25. The maximum absolute atomic E-state index is 12.7. The molecule has 1 aromatic rings. The monoisotopic (exact) mass is 347 g/mol. The van der Waals surface area contributed by atoms with Crippen LogP contribution in [0.2, 0.25) is 0 Å². The number of carbonyl (C=O) groups excluding carboxylic acids is 3. The molecule has 0 atom stereocenters. The fourth-order valence-electron chi connectivity index (χ4n) is 2.84. The smallest absolute Gasteiger partial charge is 0.254 e. The van der Waals surface area contributed by atoms with E-state index in [1.54, 1.807) is 23.1 Å². The van der Waals surface area contributed by atoms with E-state index in [4.69, 9.17) is 4.74 Å². The average Bonchev–Trinajstić information content (AvgIpc) is 2.61. The zero-order valence-corrected chi connectivity index (χ0v) is 15.0. The van der Waals surface area contributed by atoms with Gasteiger partial charge < -0.3 is 19.9 Å². The lowest BCUT2D eigenvalue weighted by atomic mass is 10.1.